The van der Waals surface area contributed by atoms with Gasteiger partial charge in [-0.25, -0.2) is 4.79 Å². The quantitative estimate of drug-likeness (QED) is 0.593. The molecule has 7 heteroatoms. The molecule has 2 unspecified atom stereocenters. The first-order chi connectivity index (χ1) is 9.45. The van der Waals surface area contributed by atoms with Crippen LogP contribution in [0.15, 0.2) is 0 Å². The third kappa shape index (κ3) is 4.80. The van der Waals surface area contributed by atoms with E-state index in [2.05, 4.69) is 10.1 Å². The Morgan fingerprint density at radius 1 is 1.35 bits per heavy atom. The first-order valence-corrected chi connectivity index (χ1v) is 6.81. The lowest BCUT2D eigenvalue weighted by molar-refractivity contribution is -0.144. The number of aliphatic carboxylic acids is 1. The minimum atomic E-state index is -1.16. The van der Waals surface area contributed by atoms with E-state index in [-0.39, 0.29) is 30.7 Å². The van der Waals surface area contributed by atoms with Crippen molar-refractivity contribution in [2.45, 2.75) is 50.6 Å². The first kappa shape index (κ1) is 16.4. The number of carbonyl (C=O) groups is 3. The Labute approximate surface area is 117 Å². The lowest BCUT2D eigenvalue weighted by Crippen LogP contribution is -2.49. The monoisotopic (exact) mass is 286 g/mol. The van der Waals surface area contributed by atoms with Crippen LogP contribution in [0.5, 0.6) is 0 Å². The molecule has 1 saturated carbocycles. The second-order valence-electron chi connectivity index (χ2n) is 5.07. The molecule has 1 aliphatic carbocycles. The second kappa shape index (κ2) is 7.84. The molecule has 114 valence electrons. The van der Waals surface area contributed by atoms with Crippen molar-refractivity contribution in [1.29, 1.82) is 0 Å². The van der Waals surface area contributed by atoms with Crippen LogP contribution in [0.1, 0.15) is 38.5 Å². The summed E-state index contributed by atoms with van der Waals surface area (Å²) in [6.45, 7) is 0. The summed E-state index contributed by atoms with van der Waals surface area (Å²) in [5.41, 5.74) is 5.89. The summed E-state index contributed by atoms with van der Waals surface area (Å²) in [4.78, 5) is 34.2. The van der Waals surface area contributed by atoms with E-state index in [4.69, 9.17) is 10.8 Å². The first-order valence-electron chi connectivity index (χ1n) is 6.81. The number of rotatable bonds is 6. The van der Waals surface area contributed by atoms with Gasteiger partial charge in [-0.2, -0.15) is 0 Å². The maximum atomic E-state index is 12.1. The van der Waals surface area contributed by atoms with Crippen molar-refractivity contribution in [1.82, 2.24) is 5.32 Å². The van der Waals surface area contributed by atoms with E-state index in [1.54, 1.807) is 0 Å². The van der Waals surface area contributed by atoms with Crippen LogP contribution in [0.3, 0.4) is 0 Å². The number of hydrogen-bond donors (Lipinski definition) is 3. The highest BCUT2D eigenvalue weighted by Gasteiger charge is 2.31. The number of carboxylic acid groups (broad SMARTS) is 1. The molecular weight excluding hydrogens is 264 g/mol. The van der Waals surface area contributed by atoms with E-state index in [0.29, 0.717) is 6.42 Å². The predicted octanol–water partition coefficient (Wildman–Crippen LogP) is 0.0265. The zero-order chi connectivity index (χ0) is 15.1. The topological polar surface area (TPSA) is 119 Å². The highest BCUT2D eigenvalue weighted by atomic mass is 16.5. The Kier molecular flexibility index (Phi) is 6.44. The van der Waals surface area contributed by atoms with Crippen LogP contribution in [0, 0.1) is 5.92 Å². The average Bonchev–Trinajstić information content (AvgIpc) is 2.42. The SMILES string of the molecule is COC(=O)CC[C@H](NC(=O)C1CCCCC1N)C(=O)O. The van der Waals surface area contributed by atoms with Gasteiger partial charge in [0.05, 0.1) is 13.0 Å². The number of carboxylic acids is 1. The molecule has 0 aromatic carbocycles. The van der Waals surface area contributed by atoms with Gasteiger partial charge in [-0.15, -0.1) is 0 Å². The Hall–Kier alpha value is -1.63. The number of ether oxygens (including phenoxy) is 1. The highest BCUT2D eigenvalue weighted by molar-refractivity contribution is 5.85. The van der Waals surface area contributed by atoms with Crippen LogP contribution in [0.2, 0.25) is 0 Å². The van der Waals surface area contributed by atoms with E-state index in [0.717, 1.165) is 19.3 Å². The van der Waals surface area contributed by atoms with Crippen LogP contribution >= 0.6 is 0 Å². The summed E-state index contributed by atoms with van der Waals surface area (Å²) in [6.07, 6.45) is 3.33. The predicted molar refractivity (Wildman–Crippen MR) is 70.7 cm³/mol. The zero-order valence-corrected chi connectivity index (χ0v) is 11.6. The van der Waals surface area contributed by atoms with Gasteiger partial charge in [-0.1, -0.05) is 12.8 Å². The summed E-state index contributed by atoms with van der Waals surface area (Å²) in [5.74, 6) is -2.34. The molecule has 0 aliphatic heterocycles. The normalized spacial score (nSPS) is 23.7. The van der Waals surface area contributed by atoms with Crippen LogP contribution in [-0.4, -0.2) is 42.1 Å². The van der Waals surface area contributed by atoms with E-state index < -0.39 is 18.0 Å². The van der Waals surface area contributed by atoms with E-state index >= 15 is 0 Å². The van der Waals surface area contributed by atoms with E-state index in [9.17, 15) is 14.4 Å². The van der Waals surface area contributed by atoms with Gasteiger partial charge in [-0.05, 0) is 19.3 Å². The summed E-state index contributed by atoms with van der Waals surface area (Å²) >= 11 is 0. The van der Waals surface area contributed by atoms with Crippen LogP contribution in [0.25, 0.3) is 0 Å². The average molecular weight is 286 g/mol. The molecule has 0 bridgehead atoms. The lowest BCUT2D eigenvalue weighted by atomic mass is 9.84. The van der Waals surface area contributed by atoms with Crippen molar-refractivity contribution in [3.63, 3.8) is 0 Å². The molecule has 1 fully saturated rings. The van der Waals surface area contributed by atoms with Crippen LogP contribution in [-0.2, 0) is 19.1 Å². The molecule has 0 aromatic rings. The van der Waals surface area contributed by atoms with Crippen molar-refractivity contribution in [2.75, 3.05) is 7.11 Å². The van der Waals surface area contributed by atoms with Crippen molar-refractivity contribution in [2.24, 2.45) is 11.7 Å². The number of nitrogens with one attached hydrogen (secondary N) is 1. The standard InChI is InChI=1S/C13H22N2O5/c1-20-11(16)7-6-10(13(18)19)15-12(17)8-4-2-3-5-9(8)14/h8-10H,2-7,14H2,1H3,(H,15,17)(H,18,19)/t8?,9?,10-/m0/s1. The lowest BCUT2D eigenvalue weighted by Gasteiger charge is -2.28. The largest absolute Gasteiger partial charge is 0.480 e. The molecule has 0 spiro atoms. The molecule has 0 saturated heterocycles. The fourth-order valence-corrected chi connectivity index (χ4v) is 2.39. The van der Waals surface area contributed by atoms with Gasteiger partial charge < -0.3 is 20.9 Å². The molecule has 0 aromatic heterocycles. The molecular formula is C13H22N2O5. The third-order valence-corrected chi connectivity index (χ3v) is 3.64. The van der Waals surface area contributed by atoms with Crippen LogP contribution in [0.4, 0.5) is 0 Å². The maximum Gasteiger partial charge on any atom is 0.326 e. The van der Waals surface area contributed by atoms with Gasteiger partial charge in [0.15, 0.2) is 0 Å². The number of amides is 1. The summed E-state index contributed by atoms with van der Waals surface area (Å²) < 4.78 is 4.45. The Morgan fingerprint density at radius 3 is 2.55 bits per heavy atom. The fraction of sp³-hybridized carbons (Fsp3) is 0.769. The summed E-state index contributed by atoms with van der Waals surface area (Å²) in [5, 5.41) is 11.5. The van der Waals surface area contributed by atoms with Crippen molar-refractivity contribution < 1.29 is 24.2 Å². The minimum Gasteiger partial charge on any atom is -0.480 e. The second-order valence-corrected chi connectivity index (χ2v) is 5.07. The van der Waals surface area contributed by atoms with Gasteiger partial charge in [0.1, 0.15) is 6.04 Å². The molecule has 3 atom stereocenters. The fourth-order valence-electron chi connectivity index (χ4n) is 2.39. The summed E-state index contributed by atoms with van der Waals surface area (Å²) in [7, 11) is 1.23. The maximum absolute atomic E-state index is 12.1. The van der Waals surface area contributed by atoms with Gasteiger partial charge in [-0.3, -0.25) is 9.59 Å². The molecule has 0 heterocycles. The van der Waals surface area contributed by atoms with Crippen molar-refractivity contribution in [3.8, 4) is 0 Å². The minimum absolute atomic E-state index is 0.00963. The molecule has 7 nitrogen and oxygen atoms in total. The number of methoxy groups -OCH3 is 1. The Balaban J connectivity index is 2.53. The summed E-state index contributed by atoms with van der Waals surface area (Å²) in [6, 6.07) is -1.31. The van der Waals surface area contributed by atoms with E-state index in [1.807, 2.05) is 0 Å². The van der Waals surface area contributed by atoms with Crippen LogP contribution < -0.4 is 11.1 Å². The Bertz CT molecular complexity index is 372. The van der Waals surface area contributed by atoms with Gasteiger partial charge in [0, 0.05) is 12.5 Å². The molecule has 20 heavy (non-hydrogen) atoms. The van der Waals surface area contributed by atoms with Crippen molar-refractivity contribution >= 4 is 17.8 Å². The number of nitrogens with two attached hydrogens (primary N) is 1. The smallest absolute Gasteiger partial charge is 0.326 e. The van der Waals surface area contributed by atoms with Gasteiger partial charge in [0.25, 0.3) is 0 Å². The molecule has 1 amide bonds. The number of esters is 1. The van der Waals surface area contributed by atoms with Gasteiger partial charge in [0.2, 0.25) is 5.91 Å². The van der Waals surface area contributed by atoms with Gasteiger partial charge >= 0.3 is 11.9 Å². The number of hydrogen-bond acceptors (Lipinski definition) is 5. The zero-order valence-electron chi connectivity index (χ0n) is 11.6. The highest BCUT2D eigenvalue weighted by Crippen LogP contribution is 2.23. The molecule has 1 aliphatic rings. The molecule has 1 rings (SSSR count). The molecule has 0 radical (unpaired) electrons. The number of carbonyl (C=O) groups excluding carboxylic acids is 2. The van der Waals surface area contributed by atoms with E-state index in [1.165, 1.54) is 7.11 Å². The van der Waals surface area contributed by atoms with Crippen molar-refractivity contribution in [3.05, 3.63) is 0 Å². The molecule has 4 N–H and O–H groups in total. The Morgan fingerprint density at radius 2 is 2.00 bits per heavy atom. The third-order valence-electron chi connectivity index (χ3n) is 3.64.